The molecular weight excluding hydrogens is 212 g/mol. The van der Waals surface area contributed by atoms with E-state index in [4.69, 9.17) is 16.3 Å². The fourth-order valence-corrected chi connectivity index (χ4v) is 1.88. The van der Waals surface area contributed by atoms with Crippen LogP contribution in [0.25, 0.3) is 0 Å². The average Bonchev–Trinajstić information content (AvgIpc) is 2.29. The lowest BCUT2D eigenvalue weighted by Crippen LogP contribution is -2.22. The molecule has 1 aliphatic heterocycles. The summed E-state index contributed by atoms with van der Waals surface area (Å²) in [5, 5.41) is 4.07. The van der Waals surface area contributed by atoms with Gasteiger partial charge in [0.1, 0.15) is 0 Å². The molecule has 82 valence electrons. The maximum absolute atomic E-state index is 6.01. The Morgan fingerprint density at radius 1 is 1.47 bits per heavy atom. The van der Waals surface area contributed by atoms with Crippen LogP contribution in [-0.2, 0) is 4.74 Å². The van der Waals surface area contributed by atoms with Gasteiger partial charge in [-0.25, -0.2) is 0 Å². The summed E-state index contributed by atoms with van der Waals surface area (Å²) in [4.78, 5) is 4.04. The Balaban J connectivity index is 1.84. The van der Waals surface area contributed by atoms with E-state index in [1.807, 2.05) is 0 Å². The Morgan fingerprint density at radius 2 is 2.27 bits per heavy atom. The van der Waals surface area contributed by atoms with E-state index in [1.165, 1.54) is 0 Å². The predicted octanol–water partition coefficient (Wildman–Crippen LogP) is 2.57. The van der Waals surface area contributed by atoms with Crippen LogP contribution in [0.3, 0.4) is 0 Å². The number of aromatic nitrogens is 1. The summed E-state index contributed by atoms with van der Waals surface area (Å²) in [6.07, 6.45) is 5.72. The average molecular weight is 227 g/mol. The molecule has 0 unspecified atom stereocenters. The Morgan fingerprint density at radius 3 is 3.00 bits per heavy atom. The van der Waals surface area contributed by atoms with Gasteiger partial charge in [-0.15, -0.1) is 0 Å². The molecule has 0 radical (unpaired) electrons. The highest BCUT2D eigenvalue weighted by Crippen LogP contribution is 2.21. The number of hydrogen-bond donors (Lipinski definition) is 1. The van der Waals surface area contributed by atoms with Gasteiger partial charge in [-0.2, -0.15) is 0 Å². The number of nitrogens with zero attached hydrogens (tertiary/aromatic N) is 1. The Kier molecular flexibility index (Phi) is 3.80. The van der Waals surface area contributed by atoms with Crippen molar-refractivity contribution in [2.75, 3.05) is 25.1 Å². The summed E-state index contributed by atoms with van der Waals surface area (Å²) >= 11 is 6.01. The van der Waals surface area contributed by atoms with Crippen LogP contribution in [0.1, 0.15) is 12.8 Å². The molecule has 0 spiro atoms. The zero-order valence-electron chi connectivity index (χ0n) is 8.58. The van der Waals surface area contributed by atoms with Crippen molar-refractivity contribution in [3.8, 4) is 0 Å². The molecular formula is C11H15ClN2O. The van der Waals surface area contributed by atoms with Gasteiger partial charge in [-0.3, -0.25) is 4.98 Å². The van der Waals surface area contributed by atoms with Gasteiger partial charge in [0.15, 0.2) is 0 Å². The summed E-state index contributed by atoms with van der Waals surface area (Å²) < 4.78 is 5.31. The van der Waals surface area contributed by atoms with Crippen LogP contribution in [0.15, 0.2) is 18.5 Å². The minimum Gasteiger partial charge on any atom is -0.382 e. The number of halogens is 1. The van der Waals surface area contributed by atoms with Crippen molar-refractivity contribution in [2.45, 2.75) is 12.8 Å². The highest BCUT2D eigenvalue weighted by atomic mass is 35.5. The zero-order chi connectivity index (χ0) is 10.5. The molecule has 2 heterocycles. The summed E-state index contributed by atoms with van der Waals surface area (Å²) in [6.45, 7) is 2.72. The smallest absolute Gasteiger partial charge is 0.0716 e. The second-order valence-corrected chi connectivity index (χ2v) is 4.20. The highest BCUT2D eigenvalue weighted by molar-refractivity contribution is 6.33. The van der Waals surface area contributed by atoms with Gasteiger partial charge in [0.25, 0.3) is 0 Å². The molecule has 0 aliphatic carbocycles. The number of anilines is 1. The Bertz CT molecular complexity index is 313. The first kappa shape index (κ1) is 10.7. The third-order valence-corrected chi connectivity index (χ3v) is 3.02. The topological polar surface area (TPSA) is 34.2 Å². The van der Waals surface area contributed by atoms with Crippen molar-refractivity contribution in [3.63, 3.8) is 0 Å². The summed E-state index contributed by atoms with van der Waals surface area (Å²) in [7, 11) is 0. The second-order valence-electron chi connectivity index (χ2n) is 3.79. The van der Waals surface area contributed by atoms with Crippen LogP contribution in [0.5, 0.6) is 0 Å². The predicted molar refractivity (Wildman–Crippen MR) is 61.3 cm³/mol. The first-order chi connectivity index (χ1) is 7.36. The van der Waals surface area contributed by atoms with E-state index >= 15 is 0 Å². The van der Waals surface area contributed by atoms with E-state index in [0.717, 1.165) is 43.3 Å². The molecule has 15 heavy (non-hydrogen) atoms. The standard InChI is InChI=1S/C11H15ClN2O/c12-10-1-4-13-8-11(10)14-7-9-2-5-15-6-3-9/h1,4,8-9,14H,2-3,5-7H2. The second kappa shape index (κ2) is 5.33. The molecule has 2 rings (SSSR count). The summed E-state index contributed by atoms with van der Waals surface area (Å²) in [5.74, 6) is 0.690. The molecule has 0 amide bonds. The number of hydrogen-bond acceptors (Lipinski definition) is 3. The van der Waals surface area contributed by atoms with E-state index in [9.17, 15) is 0 Å². The lowest BCUT2D eigenvalue weighted by atomic mass is 10.0. The van der Waals surface area contributed by atoms with Gasteiger partial charge >= 0.3 is 0 Å². The fourth-order valence-electron chi connectivity index (χ4n) is 1.71. The first-order valence-corrected chi connectivity index (χ1v) is 5.65. The molecule has 1 aliphatic rings. The van der Waals surface area contributed by atoms with Crippen LogP contribution in [0.2, 0.25) is 5.02 Å². The largest absolute Gasteiger partial charge is 0.382 e. The van der Waals surface area contributed by atoms with Crippen LogP contribution in [0, 0.1) is 5.92 Å². The third kappa shape index (κ3) is 3.08. The number of nitrogens with one attached hydrogen (secondary N) is 1. The SMILES string of the molecule is Clc1ccncc1NCC1CCOCC1. The van der Waals surface area contributed by atoms with Crippen molar-refractivity contribution in [1.29, 1.82) is 0 Å². The minimum absolute atomic E-state index is 0.690. The van der Waals surface area contributed by atoms with Crippen molar-refractivity contribution >= 4 is 17.3 Å². The van der Waals surface area contributed by atoms with Gasteiger partial charge in [0.2, 0.25) is 0 Å². The van der Waals surface area contributed by atoms with Gasteiger partial charge in [-0.1, -0.05) is 11.6 Å². The normalized spacial score (nSPS) is 17.7. The van der Waals surface area contributed by atoms with E-state index in [0.29, 0.717) is 5.92 Å². The first-order valence-electron chi connectivity index (χ1n) is 5.27. The van der Waals surface area contributed by atoms with Crippen LogP contribution in [0.4, 0.5) is 5.69 Å². The molecule has 0 bridgehead atoms. The molecule has 1 saturated heterocycles. The van der Waals surface area contributed by atoms with Crippen molar-refractivity contribution < 1.29 is 4.74 Å². The lowest BCUT2D eigenvalue weighted by Gasteiger charge is -2.22. The summed E-state index contributed by atoms with van der Waals surface area (Å²) in [5.41, 5.74) is 0.922. The van der Waals surface area contributed by atoms with Crippen molar-refractivity contribution in [1.82, 2.24) is 4.98 Å². The molecule has 1 aromatic heterocycles. The van der Waals surface area contributed by atoms with Crippen LogP contribution >= 0.6 is 11.6 Å². The number of rotatable bonds is 3. The lowest BCUT2D eigenvalue weighted by molar-refractivity contribution is 0.0699. The van der Waals surface area contributed by atoms with Gasteiger partial charge in [0.05, 0.1) is 16.9 Å². The Hall–Kier alpha value is -0.800. The third-order valence-electron chi connectivity index (χ3n) is 2.69. The molecule has 1 N–H and O–H groups in total. The molecule has 4 heteroatoms. The molecule has 0 aromatic carbocycles. The molecule has 0 saturated carbocycles. The maximum atomic E-state index is 6.01. The van der Waals surface area contributed by atoms with E-state index in [2.05, 4.69) is 10.3 Å². The Labute approximate surface area is 94.8 Å². The van der Waals surface area contributed by atoms with Crippen LogP contribution in [-0.4, -0.2) is 24.7 Å². The minimum atomic E-state index is 0.690. The molecule has 1 aromatic rings. The quantitative estimate of drug-likeness (QED) is 0.860. The van der Waals surface area contributed by atoms with E-state index < -0.39 is 0 Å². The fraction of sp³-hybridized carbons (Fsp3) is 0.545. The number of pyridine rings is 1. The van der Waals surface area contributed by atoms with Crippen molar-refractivity contribution in [2.24, 2.45) is 5.92 Å². The van der Waals surface area contributed by atoms with Crippen LogP contribution < -0.4 is 5.32 Å². The summed E-state index contributed by atoms with van der Waals surface area (Å²) in [6, 6.07) is 1.80. The monoisotopic (exact) mass is 226 g/mol. The van der Waals surface area contributed by atoms with Gasteiger partial charge in [-0.05, 0) is 24.8 Å². The molecule has 0 atom stereocenters. The van der Waals surface area contributed by atoms with Gasteiger partial charge in [0, 0.05) is 26.0 Å². The molecule has 3 nitrogen and oxygen atoms in total. The van der Waals surface area contributed by atoms with Crippen molar-refractivity contribution in [3.05, 3.63) is 23.5 Å². The number of ether oxygens (including phenoxy) is 1. The maximum Gasteiger partial charge on any atom is 0.0716 e. The molecule has 1 fully saturated rings. The van der Waals surface area contributed by atoms with E-state index in [-0.39, 0.29) is 0 Å². The zero-order valence-corrected chi connectivity index (χ0v) is 9.33. The highest BCUT2D eigenvalue weighted by Gasteiger charge is 2.13. The van der Waals surface area contributed by atoms with Gasteiger partial charge < -0.3 is 10.1 Å². The van der Waals surface area contributed by atoms with E-state index in [1.54, 1.807) is 18.5 Å².